The Morgan fingerprint density at radius 3 is 2.62 bits per heavy atom. The van der Waals surface area contributed by atoms with Crippen molar-refractivity contribution in [1.82, 2.24) is 20.6 Å². The molecule has 162 valence electrons. The molecule has 0 aliphatic heterocycles. The molecule has 0 bridgehead atoms. The second kappa shape index (κ2) is 11.6. The molecule has 0 amide bonds. The van der Waals surface area contributed by atoms with Gasteiger partial charge < -0.3 is 20.3 Å². The topological polar surface area (TPSA) is 74.7 Å². The largest absolute Gasteiger partial charge is 0.475 e. The van der Waals surface area contributed by atoms with Crippen LogP contribution in [0.3, 0.4) is 0 Å². The van der Waals surface area contributed by atoms with E-state index < -0.39 is 11.7 Å². The number of guanidine groups is 1. The van der Waals surface area contributed by atoms with E-state index in [0.29, 0.717) is 25.2 Å². The van der Waals surface area contributed by atoms with Crippen LogP contribution in [0.4, 0.5) is 18.3 Å². The highest BCUT2D eigenvalue weighted by Crippen LogP contribution is 2.32. The molecule has 2 aromatic heterocycles. The van der Waals surface area contributed by atoms with Gasteiger partial charge in [-0.1, -0.05) is 11.6 Å². The third kappa shape index (κ3) is 8.01. The van der Waals surface area contributed by atoms with Crippen molar-refractivity contribution in [2.24, 2.45) is 4.99 Å². The van der Waals surface area contributed by atoms with Gasteiger partial charge in [-0.25, -0.2) is 9.97 Å². The third-order valence-corrected chi connectivity index (χ3v) is 4.68. The van der Waals surface area contributed by atoms with Crippen LogP contribution < -0.4 is 20.3 Å². The predicted octanol–water partition coefficient (Wildman–Crippen LogP) is 3.64. The number of alkyl halides is 3. The first kappa shape index (κ1) is 25.5. The van der Waals surface area contributed by atoms with Gasteiger partial charge in [0.05, 0.1) is 24.3 Å². The highest BCUT2D eigenvalue weighted by molar-refractivity contribution is 14.0. The number of aromatic nitrogens is 2. The lowest BCUT2D eigenvalue weighted by Crippen LogP contribution is -2.39. The highest BCUT2D eigenvalue weighted by atomic mass is 127. The van der Waals surface area contributed by atoms with Crippen molar-refractivity contribution in [2.45, 2.75) is 12.7 Å². The summed E-state index contributed by atoms with van der Waals surface area (Å²) >= 11 is 7.34. The van der Waals surface area contributed by atoms with Crippen molar-refractivity contribution in [2.75, 3.05) is 39.2 Å². The van der Waals surface area contributed by atoms with Crippen LogP contribution in [-0.2, 0) is 12.7 Å². The van der Waals surface area contributed by atoms with Crippen LogP contribution in [0.15, 0.2) is 22.6 Å². The monoisotopic (exact) mass is 564 g/mol. The molecule has 0 saturated carbocycles. The lowest BCUT2D eigenvalue weighted by molar-refractivity contribution is -0.137. The lowest BCUT2D eigenvalue weighted by atomic mass is 10.3. The van der Waals surface area contributed by atoms with Crippen LogP contribution in [0, 0.1) is 0 Å². The summed E-state index contributed by atoms with van der Waals surface area (Å²) in [4.78, 5) is 14.1. The summed E-state index contributed by atoms with van der Waals surface area (Å²) in [5.41, 5.74) is -0.0410. The highest BCUT2D eigenvalue weighted by Gasteiger charge is 2.31. The van der Waals surface area contributed by atoms with Gasteiger partial charge in [0.15, 0.2) is 11.1 Å². The Balaban J connectivity index is 0.00000420. The van der Waals surface area contributed by atoms with Crippen LogP contribution in [0.1, 0.15) is 11.3 Å². The standard InChI is InChI=1S/C16H20ClF3N6OS.HI/c1-21-14(24-8-11-9-28-15(25-11)26(2)3)22-4-5-27-13-12(17)6-10(7-23-13)16(18,19)20;/h6-7,9H,4-5,8H2,1-3H3,(H2,21,22,24);1H. The molecule has 0 aliphatic carbocycles. The predicted molar refractivity (Wildman–Crippen MR) is 120 cm³/mol. The van der Waals surface area contributed by atoms with Crippen molar-refractivity contribution >= 4 is 58.0 Å². The molecule has 0 saturated heterocycles. The van der Waals surface area contributed by atoms with Crippen molar-refractivity contribution in [3.8, 4) is 5.88 Å². The minimum atomic E-state index is -4.50. The Bertz CT molecular complexity index is 818. The second-order valence-electron chi connectivity index (χ2n) is 5.73. The number of hydrogen-bond donors (Lipinski definition) is 2. The van der Waals surface area contributed by atoms with Gasteiger partial charge in [-0.05, 0) is 6.07 Å². The number of thiazole rings is 1. The zero-order valence-corrected chi connectivity index (χ0v) is 19.8. The van der Waals surface area contributed by atoms with Gasteiger partial charge in [-0.3, -0.25) is 4.99 Å². The van der Waals surface area contributed by atoms with Crippen LogP contribution in [0.25, 0.3) is 0 Å². The number of nitrogens with one attached hydrogen (secondary N) is 2. The fourth-order valence-corrected chi connectivity index (χ4v) is 2.96. The quantitative estimate of drug-likeness (QED) is 0.232. The Labute approximate surface area is 192 Å². The van der Waals surface area contributed by atoms with Gasteiger partial charge in [-0.2, -0.15) is 13.2 Å². The number of pyridine rings is 1. The fraction of sp³-hybridized carbons (Fsp3) is 0.438. The summed E-state index contributed by atoms with van der Waals surface area (Å²) in [5.74, 6) is 0.479. The number of anilines is 1. The first-order valence-corrected chi connectivity index (χ1v) is 9.38. The SMILES string of the molecule is CN=C(NCCOc1ncc(C(F)(F)F)cc1Cl)NCc1csc(N(C)C)n1.I. The maximum Gasteiger partial charge on any atom is 0.417 e. The van der Waals surface area contributed by atoms with Crippen molar-refractivity contribution in [3.05, 3.63) is 33.9 Å². The van der Waals surface area contributed by atoms with E-state index in [9.17, 15) is 13.2 Å². The van der Waals surface area contributed by atoms with E-state index in [1.54, 1.807) is 18.4 Å². The minimum Gasteiger partial charge on any atom is -0.475 e. The van der Waals surface area contributed by atoms with Gasteiger partial charge in [0.25, 0.3) is 0 Å². The molecule has 7 nitrogen and oxygen atoms in total. The van der Waals surface area contributed by atoms with E-state index in [2.05, 4.69) is 25.6 Å². The minimum absolute atomic E-state index is 0. The molecule has 2 N–H and O–H groups in total. The summed E-state index contributed by atoms with van der Waals surface area (Å²) in [5, 5.41) is 8.81. The number of ether oxygens (including phenoxy) is 1. The number of aliphatic imine (C=N–C) groups is 1. The number of rotatable bonds is 7. The first-order valence-electron chi connectivity index (χ1n) is 8.12. The van der Waals surface area contributed by atoms with Crippen molar-refractivity contribution in [1.29, 1.82) is 0 Å². The lowest BCUT2D eigenvalue weighted by Gasteiger charge is -2.13. The Hall–Kier alpha value is -1.54. The maximum atomic E-state index is 12.6. The molecule has 2 aromatic rings. The van der Waals surface area contributed by atoms with Gasteiger partial charge in [0.1, 0.15) is 11.6 Å². The second-order valence-corrected chi connectivity index (χ2v) is 6.97. The molecule has 0 atom stereocenters. The number of hydrogen-bond acceptors (Lipinski definition) is 6. The Morgan fingerprint density at radius 2 is 2.07 bits per heavy atom. The summed E-state index contributed by atoms with van der Waals surface area (Å²) in [6.45, 7) is 0.982. The van der Waals surface area contributed by atoms with Gasteiger partial charge in [-0.15, -0.1) is 35.3 Å². The molecule has 0 spiro atoms. The molecular formula is C16H21ClF3IN6OS. The fourth-order valence-electron chi connectivity index (χ4n) is 1.98. The van der Waals surface area contributed by atoms with Crippen LogP contribution in [-0.4, -0.2) is 50.2 Å². The van der Waals surface area contributed by atoms with E-state index in [4.69, 9.17) is 16.3 Å². The average Bonchev–Trinajstić information content (AvgIpc) is 3.10. The molecule has 0 radical (unpaired) electrons. The maximum absolute atomic E-state index is 12.6. The molecule has 0 fully saturated rings. The summed E-state index contributed by atoms with van der Waals surface area (Å²) in [7, 11) is 5.47. The molecule has 0 unspecified atom stereocenters. The van der Waals surface area contributed by atoms with Gasteiger partial charge in [0.2, 0.25) is 5.88 Å². The van der Waals surface area contributed by atoms with Crippen molar-refractivity contribution in [3.63, 3.8) is 0 Å². The summed E-state index contributed by atoms with van der Waals surface area (Å²) in [6, 6.07) is 0.785. The average molecular weight is 565 g/mol. The molecule has 29 heavy (non-hydrogen) atoms. The summed E-state index contributed by atoms with van der Waals surface area (Å²) in [6.07, 6.45) is -3.82. The third-order valence-electron chi connectivity index (χ3n) is 3.35. The van der Waals surface area contributed by atoms with E-state index >= 15 is 0 Å². The Kier molecular flexibility index (Phi) is 10.2. The molecule has 2 rings (SSSR count). The Morgan fingerprint density at radius 1 is 1.34 bits per heavy atom. The zero-order chi connectivity index (χ0) is 20.7. The zero-order valence-electron chi connectivity index (χ0n) is 15.9. The van der Waals surface area contributed by atoms with Gasteiger partial charge in [0, 0.05) is 32.7 Å². The van der Waals surface area contributed by atoms with E-state index in [0.717, 1.165) is 16.9 Å². The molecule has 2 heterocycles. The normalized spacial score (nSPS) is 11.6. The smallest absolute Gasteiger partial charge is 0.417 e. The van der Waals surface area contributed by atoms with E-state index in [1.807, 2.05) is 24.4 Å². The molecule has 0 aromatic carbocycles. The summed E-state index contributed by atoms with van der Waals surface area (Å²) < 4.78 is 43.1. The van der Waals surface area contributed by atoms with Crippen LogP contribution in [0.2, 0.25) is 5.02 Å². The van der Waals surface area contributed by atoms with Crippen LogP contribution >= 0.6 is 46.9 Å². The van der Waals surface area contributed by atoms with E-state index in [-0.39, 0.29) is 41.5 Å². The number of nitrogens with zero attached hydrogens (tertiary/aromatic N) is 4. The molecular weight excluding hydrogens is 544 g/mol. The van der Waals surface area contributed by atoms with Crippen molar-refractivity contribution < 1.29 is 17.9 Å². The van der Waals surface area contributed by atoms with E-state index in [1.165, 1.54) is 0 Å². The van der Waals surface area contributed by atoms with Crippen LogP contribution in [0.5, 0.6) is 5.88 Å². The first-order chi connectivity index (χ1) is 13.2. The molecule has 13 heteroatoms. The van der Waals surface area contributed by atoms with Gasteiger partial charge >= 0.3 is 6.18 Å². The molecule has 0 aliphatic rings. The number of halogens is 5.